The van der Waals surface area contributed by atoms with Gasteiger partial charge in [-0.15, -0.1) is 0 Å². The summed E-state index contributed by atoms with van der Waals surface area (Å²) in [5.41, 5.74) is 15.5. The van der Waals surface area contributed by atoms with E-state index in [1.807, 2.05) is 49.3 Å². The fourth-order valence-corrected chi connectivity index (χ4v) is 9.76. The number of hydrogen-bond acceptors (Lipinski definition) is 4. The third kappa shape index (κ3) is 8.14. The van der Waals surface area contributed by atoms with Gasteiger partial charge in [0.1, 0.15) is 18.1 Å². The summed E-state index contributed by atoms with van der Waals surface area (Å²) < 4.78 is 0.741. The maximum Gasteiger partial charge on any atom is 0.136 e. The van der Waals surface area contributed by atoms with E-state index in [1.54, 1.807) is 0 Å². The highest BCUT2D eigenvalue weighted by Crippen LogP contribution is 2.54. The number of nitrogens with zero attached hydrogens (tertiary/aromatic N) is 5. The first-order valence-electron chi connectivity index (χ1n) is 20.5. The summed E-state index contributed by atoms with van der Waals surface area (Å²) in [6.45, 7) is 5.25. The zero-order valence-corrected chi connectivity index (χ0v) is 33.4. The minimum atomic E-state index is -0.0336. The molecule has 7 nitrogen and oxygen atoms in total. The Labute approximate surface area is 342 Å². The van der Waals surface area contributed by atoms with E-state index in [0.29, 0.717) is 11.1 Å². The lowest BCUT2D eigenvalue weighted by Gasteiger charge is -2.57. The molecule has 3 unspecified atom stereocenters. The van der Waals surface area contributed by atoms with Crippen LogP contribution in [0.25, 0.3) is 0 Å². The highest BCUT2D eigenvalue weighted by molar-refractivity contribution is 5.41. The molecule has 5 aromatic carbocycles. The Hall–Kier alpha value is -6.54. The summed E-state index contributed by atoms with van der Waals surface area (Å²) in [6, 6.07) is 45.8. The molecule has 0 saturated heterocycles. The second-order valence-corrected chi connectivity index (χ2v) is 16.1. The average Bonchev–Trinajstić information content (AvgIpc) is 4.00. The molecule has 0 fully saturated rings. The molecule has 1 aliphatic heterocycles. The van der Waals surface area contributed by atoms with Gasteiger partial charge in [-0.3, -0.25) is 0 Å². The fourth-order valence-electron chi connectivity index (χ4n) is 9.76. The number of fused-ring (bicyclic) bond motifs is 1. The molecule has 3 heterocycles. The molecule has 7 heteroatoms. The van der Waals surface area contributed by atoms with Crippen LogP contribution in [0.1, 0.15) is 97.1 Å². The van der Waals surface area contributed by atoms with Crippen LogP contribution >= 0.6 is 0 Å². The molecule has 2 aromatic heterocycles. The van der Waals surface area contributed by atoms with Gasteiger partial charge in [-0.2, -0.15) is 10.5 Å². The smallest absolute Gasteiger partial charge is 0.136 e. The van der Waals surface area contributed by atoms with Crippen LogP contribution in [0.5, 0.6) is 0 Å². The van der Waals surface area contributed by atoms with Gasteiger partial charge in [-0.05, 0) is 90.8 Å². The first-order valence-corrected chi connectivity index (χ1v) is 20.5. The van der Waals surface area contributed by atoms with Crippen LogP contribution in [-0.2, 0) is 38.5 Å². The monoisotopic (exact) mass is 760 g/mol. The third-order valence-corrected chi connectivity index (χ3v) is 12.5. The summed E-state index contributed by atoms with van der Waals surface area (Å²) in [4.78, 5) is 16.5. The molecule has 3 atom stereocenters. The molecular weight excluding hydrogens is 711 g/mol. The van der Waals surface area contributed by atoms with Crippen molar-refractivity contribution >= 4 is 0 Å². The number of H-pyrrole nitrogens is 2. The molecule has 0 amide bonds. The number of aryl methyl sites for hydroxylation is 5. The van der Waals surface area contributed by atoms with Crippen molar-refractivity contribution < 1.29 is 4.48 Å². The van der Waals surface area contributed by atoms with Gasteiger partial charge < -0.3 is 14.5 Å². The van der Waals surface area contributed by atoms with E-state index >= 15 is 0 Å². The van der Waals surface area contributed by atoms with Crippen molar-refractivity contribution in [3.05, 3.63) is 213 Å². The molecule has 0 saturated carbocycles. The van der Waals surface area contributed by atoms with Gasteiger partial charge in [-0.25, -0.2) is 9.97 Å². The minimum absolute atomic E-state index is 0.0336. The Kier molecular flexibility index (Phi) is 11.4. The number of hydrogen-bond donors (Lipinski definition) is 2. The van der Waals surface area contributed by atoms with Gasteiger partial charge >= 0.3 is 0 Å². The minimum Gasteiger partial charge on any atom is -0.344 e. The maximum absolute atomic E-state index is 9.70. The average molecular weight is 761 g/mol. The summed E-state index contributed by atoms with van der Waals surface area (Å²) in [5.74, 6) is 0. The predicted octanol–water partition coefficient (Wildman–Crippen LogP) is 10.3. The Morgan fingerprint density at radius 3 is 1.67 bits per heavy atom. The second kappa shape index (κ2) is 17.3. The SMILES string of the molecule is Cc1cccc(CCc2cccc3c2CC[N+](C(Cc2ccc(C#N)cc2)c2cnc[nH]2)(C(Cc2ccc(C#N)cc2)c2cnc[nH]2)C3CCc2cccc(C)c2)c1. The molecule has 2 N–H and O–H groups in total. The predicted molar refractivity (Wildman–Crippen MR) is 228 cm³/mol. The van der Waals surface area contributed by atoms with Gasteiger partial charge in [0.2, 0.25) is 0 Å². The van der Waals surface area contributed by atoms with E-state index in [1.165, 1.54) is 50.1 Å². The van der Waals surface area contributed by atoms with Gasteiger partial charge in [0.25, 0.3) is 0 Å². The molecule has 0 bridgehead atoms. The number of imidazole rings is 2. The number of nitriles is 2. The van der Waals surface area contributed by atoms with Crippen LogP contribution in [0.4, 0.5) is 0 Å². The Morgan fingerprint density at radius 2 is 1.17 bits per heavy atom. The van der Waals surface area contributed by atoms with Crippen molar-refractivity contribution in [2.45, 2.75) is 76.9 Å². The normalized spacial score (nSPS) is 17.1. The van der Waals surface area contributed by atoms with Crippen molar-refractivity contribution in [2.75, 3.05) is 6.54 Å². The van der Waals surface area contributed by atoms with Crippen molar-refractivity contribution in [3.63, 3.8) is 0 Å². The number of rotatable bonds is 14. The highest BCUT2D eigenvalue weighted by Gasteiger charge is 2.54. The molecule has 0 aliphatic carbocycles. The molecule has 8 rings (SSSR count). The molecule has 1 aliphatic rings. The summed E-state index contributed by atoms with van der Waals surface area (Å²) in [5, 5.41) is 19.4. The van der Waals surface area contributed by atoms with Crippen molar-refractivity contribution in [3.8, 4) is 12.1 Å². The number of aromatic nitrogens is 4. The molecular formula is C51H50N7+. The van der Waals surface area contributed by atoms with Crippen molar-refractivity contribution in [2.24, 2.45) is 0 Å². The van der Waals surface area contributed by atoms with E-state index < -0.39 is 0 Å². The van der Waals surface area contributed by atoms with Crippen LogP contribution < -0.4 is 0 Å². The molecule has 0 radical (unpaired) electrons. The quantitative estimate of drug-likeness (QED) is 0.108. The first kappa shape index (κ1) is 38.3. The lowest BCUT2D eigenvalue weighted by atomic mass is 9.78. The first-order chi connectivity index (χ1) is 28.4. The largest absolute Gasteiger partial charge is 0.344 e. The lowest BCUT2D eigenvalue weighted by Crippen LogP contribution is -2.59. The van der Waals surface area contributed by atoms with E-state index in [4.69, 9.17) is 0 Å². The maximum atomic E-state index is 9.70. The number of nitrogens with one attached hydrogen (secondary N) is 2. The fraction of sp³-hybridized carbons (Fsp3) is 0.255. The number of quaternary nitrogens is 1. The molecule has 7 aromatic rings. The van der Waals surface area contributed by atoms with Gasteiger partial charge in [0.05, 0.1) is 66.2 Å². The number of benzene rings is 5. The summed E-state index contributed by atoms with van der Waals surface area (Å²) in [6.07, 6.45) is 13.9. The topological polar surface area (TPSA) is 105 Å². The van der Waals surface area contributed by atoms with Crippen LogP contribution in [0.3, 0.4) is 0 Å². The van der Waals surface area contributed by atoms with E-state index in [2.05, 4.69) is 137 Å². The van der Waals surface area contributed by atoms with Gasteiger partial charge in [0.15, 0.2) is 0 Å². The van der Waals surface area contributed by atoms with Crippen LogP contribution in [-0.4, -0.2) is 31.0 Å². The highest BCUT2D eigenvalue weighted by atomic mass is 15.4. The Bertz CT molecular complexity index is 2420. The zero-order valence-electron chi connectivity index (χ0n) is 33.4. The standard InChI is InChI=1S/C51H50N7/c1-36-6-3-8-38(26-36)20-22-44-10-5-11-46-45(44)24-25-58(49(46)23-21-39-9-4-7-37(2)27-39,50(47-32-54-34-56-47)28-40-12-16-42(30-52)17-13-40)51(48-33-55-35-57-48)29-41-14-18-43(31-53)19-15-41/h3-19,26-27,32-35,49-51H,20-25,28-29H2,1-2H3,(H,54,56)(H,55,57)/q+1. The summed E-state index contributed by atoms with van der Waals surface area (Å²) in [7, 11) is 0. The van der Waals surface area contributed by atoms with E-state index in [-0.39, 0.29) is 18.1 Å². The van der Waals surface area contributed by atoms with Crippen molar-refractivity contribution in [1.82, 2.24) is 19.9 Å². The van der Waals surface area contributed by atoms with Crippen molar-refractivity contribution in [1.29, 1.82) is 10.5 Å². The van der Waals surface area contributed by atoms with Gasteiger partial charge in [-0.1, -0.05) is 102 Å². The van der Waals surface area contributed by atoms with E-state index in [0.717, 1.165) is 67.4 Å². The number of aromatic amines is 2. The molecule has 0 spiro atoms. The Balaban J connectivity index is 1.33. The Morgan fingerprint density at radius 1 is 0.638 bits per heavy atom. The zero-order chi connectivity index (χ0) is 39.9. The lowest BCUT2D eigenvalue weighted by molar-refractivity contribution is -1.01. The third-order valence-electron chi connectivity index (χ3n) is 12.5. The van der Waals surface area contributed by atoms with Crippen LogP contribution in [0, 0.1) is 36.5 Å². The van der Waals surface area contributed by atoms with E-state index in [9.17, 15) is 10.5 Å². The summed E-state index contributed by atoms with van der Waals surface area (Å²) >= 11 is 0. The van der Waals surface area contributed by atoms with Gasteiger partial charge in [0, 0.05) is 31.2 Å². The molecule has 288 valence electrons. The second-order valence-electron chi connectivity index (χ2n) is 16.1. The van der Waals surface area contributed by atoms with Crippen LogP contribution in [0.15, 0.2) is 140 Å². The van der Waals surface area contributed by atoms with Crippen LogP contribution in [0.2, 0.25) is 0 Å². The molecule has 58 heavy (non-hydrogen) atoms.